The molecule has 0 aliphatic heterocycles. The van der Waals surface area contributed by atoms with Crippen LogP contribution in [0.3, 0.4) is 0 Å². The maximum Gasteiger partial charge on any atom is 0.330 e. The lowest BCUT2D eigenvalue weighted by Crippen LogP contribution is -2.17. The summed E-state index contributed by atoms with van der Waals surface area (Å²) < 4.78 is 6.22. The summed E-state index contributed by atoms with van der Waals surface area (Å²) in [6.07, 6.45) is 2.67. The molecular formula is C20H19Cl2NO4. The van der Waals surface area contributed by atoms with Crippen LogP contribution in [0.25, 0.3) is 6.08 Å². The molecule has 0 saturated carbocycles. The van der Waals surface area contributed by atoms with Crippen molar-refractivity contribution in [2.45, 2.75) is 27.7 Å². The largest absolute Gasteiger partial charge is 0.463 e. The third-order valence-corrected chi connectivity index (χ3v) is 4.72. The first-order valence-corrected chi connectivity index (χ1v) is 9.02. The van der Waals surface area contributed by atoms with E-state index in [0.29, 0.717) is 22.5 Å². The molecule has 7 heteroatoms. The van der Waals surface area contributed by atoms with Crippen molar-refractivity contribution in [1.82, 2.24) is 4.57 Å². The number of halogens is 2. The Morgan fingerprint density at radius 1 is 1.11 bits per heavy atom. The Hall–Kier alpha value is -2.37. The van der Waals surface area contributed by atoms with Crippen LogP contribution in [0.5, 0.6) is 0 Å². The van der Waals surface area contributed by atoms with Crippen LogP contribution in [0.15, 0.2) is 24.3 Å². The molecule has 0 atom stereocenters. The van der Waals surface area contributed by atoms with Gasteiger partial charge in [-0.2, -0.15) is 0 Å². The monoisotopic (exact) mass is 407 g/mol. The number of carbonyl (C=O) groups excluding carboxylic acids is 3. The molecule has 2 rings (SSSR count). The molecule has 0 radical (unpaired) electrons. The molecule has 0 spiro atoms. The number of nitrogens with zero attached hydrogens (tertiary/aromatic N) is 1. The second-order valence-corrected chi connectivity index (χ2v) is 6.66. The molecule has 0 saturated heterocycles. The van der Waals surface area contributed by atoms with E-state index < -0.39 is 11.9 Å². The van der Waals surface area contributed by atoms with E-state index in [0.717, 1.165) is 0 Å². The maximum absolute atomic E-state index is 13.2. The van der Waals surface area contributed by atoms with Crippen LogP contribution in [0.1, 0.15) is 51.5 Å². The predicted octanol–water partition coefficient (Wildman–Crippen LogP) is 4.88. The van der Waals surface area contributed by atoms with Gasteiger partial charge in [-0.05, 0) is 51.5 Å². The molecule has 0 fully saturated rings. The van der Waals surface area contributed by atoms with E-state index in [1.807, 2.05) is 0 Å². The normalized spacial score (nSPS) is 11.0. The van der Waals surface area contributed by atoms with Crippen molar-refractivity contribution >= 4 is 46.9 Å². The topological polar surface area (TPSA) is 65.4 Å². The van der Waals surface area contributed by atoms with E-state index in [1.54, 1.807) is 39.0 Å². The third-order valence-electron chi connectivity index (χ3n) is 4.09. The van der Waals surface area contributed by atoms with Gasteiger partial charge in [-0.3, -0.25) is 14.2 Å². The van der Waals surface area contributed by atoms with Crippen molar-refractivity contribution in [2.75, 3.05) is 6.61 Å². The quantitative estimate of drug-likeness (QED) is 0.402. The average molecular weight is 408 g/mol. The number of ketones is 1. The van der Waals surface area contributed by atoms with Crippen LogP contribution in [0.4, 0.5) is 0 Å². The fourth-order valence-corrected chi connectivity index (χ4v) is 3.55. The summed E-state index contributed by atoms with van der Waals surface area (Å²) in [6.45, 7) is 6.72. The van der Waals surface area contributed by atoms with Crippen molar-refractivity contribution in [3.63, 3.8) is 0 Å². The SMILES string of the molecule is CCOC(=O)/C=C/c1c(C)c(C(C)=O)c(C)n1C(=O)c1c(Cl)cccc1Cl. The van der Waals surface area contributed by atoms with Gasteiger partial charge >= 0.3 is 5.97 Å². The molecule has 0 N–H and O–H groups in total. The Bertz CT molecular complexity index is 937. The summed E-state index contributed by atoms with van der Waals surface area (Å²) in [5, 5.41) is 0.394. The van der Waals surface area contributed by atoms with Crippen molar-refractivity contribution in [2.24, 2.45) is 0 Å². The zero-order valence-corrected chi connectivity index (χ0v) is 16.9. The van der Waals surface area contributed by atoms with E-state index in [-0.39, 0.29) is 28.0 Å². The molecule has 142 valence electrons. The molecule has 0 aliphatic rings. The van der Waals surface area contributed by atoms with Gasteiger partial charge in [0, 0.05) is 17.3 Å². The number of hydrogen-bond acceptors (Lipinski definition) is 4. The Morgan fingerprint density at radius 3 is 2.22 bits per heavy atom. The van der Waals surface area contributed by atoms with Gasteiger partial charge in [0.15, 0.2) is 5.78 Å². The Labute approximate surface area is 167 Å². The Kier molecular flexibility index (Phi) is 6.63. The molecule has 0 aliphatic carbocycles. The number of rotatable bonds is 5. The summed E-state index contributed by atoms with van der Waals surface area (Å²) in [5.41, 5.74) is 1.96. The number of Topliss-reactive ketones (excluding diaryl/α,β-unsaturated/α-hetero) is 1. The van der Waals surface area contributed by atoms with Crippen LogP contribution in [-0.4, -0.2) is 28.8 Å². The molecule has 5 nitrogen and oxygen atoms in total. The summed E-state index contributed by atoms with van der Waals surface area (Å²) in [7, 11) is 0. The van der Waals surface area contributed by atoms with E-state index in [9.17, 15) is 14.4 Å². The number of esters is 1. The number of hydrogen-bond donors (Lipinski definition) is 0. The Morgan fingerprint density at radius 2 is 1.70 bits per heavy atom. The molecule has 1 heterocycles. The molecule has 0 amide bonds. The molecule has 0 bridgehead atoms. The van der Waals surface area contributed by atoms with Gasteiger partial charge in [0.05, 0.1) is 27.9 Å². The molecule has 2 aromatic rings. The Balaban J connectivity index is 2.71. The summed E-state index contributed by atoms with van der Waals surface area (Å²) in [5.74, 6) is -1.22. The first kappa shape index (κ1) is 20.9. The number of ether oxygens (including phenoxy) is 1. The zero-order valence-electron chi connectivity index (χ0n) is 15.4. The summed E-state index contributed by atoms with van der Waals surface area (Å²) >= 11 is 12.4. The van der Waals surface area contributed by atoms with Gasteiger partial charge in [0.25, 0.3) is 5.91 Å². The van der Waals surface area contributed by atoms with Crippen molar-refractivity contribution in [1.29, 1.82) is 0 Å². The lowest BCUT2D eigenvalue weighted by Gasteiger charge is -2.11. The third kappa shape index (κ3) is 4.15. The highest BCUT2D eigenvalue weighted by Crippen LogP contribution is 2.30. The van der Waals surface area contributed by atoms with Crippen LogP contribution in [0.2, 0.25) is 10.0 Å². The minimum absolute atomic E-state index is 0.125. The zero-order chi connectivity index (χ0) is 20.3. The minimum atomic E-state index is -0.546. The first-order valence-electron chi connectivity index (χ1n) is 8.27. The van der Waals surface area contributed by atoms with Crippen molar-refractivity contribution in [3.8, 4) is 0 Å². The smallest absolute Gasteiger partial charge is 0.330 e. The van der Waals surface area contributed by atoms with Crippen LogP contribution < -0.4 is 0 Å². The fraction of sp³-hybridized carbons (Fsp3) is 0.250. The van der Waals surface area contributed by atoms with E-state index in [1.165, 1.54) is 23.6 Å². The van der Waals surface area contributed by atoms with Gasteiger partial charge in [-0.25, -0.2) is 4.79 Å². The highest BCUT2D eigenvalue weighted by atomic mass is 35.5. The lowest BCUT2D eigenvalue weighted by molar-refractivity contribution is -0.137. The lowest BCUT2D eigenvalue weighted by atomic mass is 10.1. The van der Waals surface area contributed by atoms with E-state index >= 15 is 0 Å². The van der Waals surface area contributed by atoms with Crippen molar-refractivity contribution < 1.29 is 19.1 Å². The number of aromatic nitrogens is 1. The summed E-state index contributed by atoms with van der Waals surface area (Å²) in [6, 6.07) is 4.76. The molecule has 1 aromatic heterocycles. The highest BCUT2D eigenvalue weighted by molar-refractivity contribution is 6.39. The van der Waals surface area contributed by atoms with Crippen LogP contribution >= 0.6 is 23.2 Å². The second kappa shape index (κ2) is 8.55. The molecule has 1 aromatic carbocycles. The average Bonchev–Trinajstić information content (AvgIpc) is 2.83. The van der Waals surface area contributed by atoms with Gasteiger partial charge in [0.2, 0.25) is 0 Å². The van der Waals surface area contributed by atoms with Crippen LogP contribution in [-0.2, 0) is 9.53 Å². The standard InChI is InChI=1S/C20H19Cl2NO4/c1-5-27-17(25)10-9-16-11(2)18(13(4)24)12(3)23(16)20(26)19-14(21)7-6-8-15(19)22/h6-10H,5H2,1-4H3/b10-9+. The van der Waals surface area contributed by atoms with E-state index in [4.69, 9.17) is 27.9 Å². The van der Waals surface area contributed by atoms with Crippen LogP contribution in [0, 0.1) is 13.8 Å². The minimum Gasteiger partial charge on any atom is -0.463 e. The number of carbonyl (C=O) groups is 3. The van der Waals surface area contributed by atoms with Gasteiger partial charge in [-0.15, -0.1) is 0 Å². The highest BCUT2D eigenvalue weighted by Gasteiger charge is 2.26. The first-order chi connectivity index (χ1) is 12.7. The van der Waals surface area contributed by atoms with E-state index in [2.05, 4.69) is 0 Å². The summed E-state index contributed by atoms with van der Waals surface area (Å²) in [4.78, 5) is 37.0. The maximum atomic E-state index is 13.2. The number of benzene rings is 1. The van der Waals surface area contributed by atoms with Gasteiger partial charge in [0.1, 0.15) is 0 Å². The van der Waals surface area contributed by atoms with Crippen molar-refractivity contribution in [3.05, 3.63) is 62.4 Å². The predicted molar refractivity (Wildman–Crippen MR) is 106 cm³/mol. The molecule has 27 heavy (non-hydrogen) atoms. The fourth-order valence-electron chi connectivity index (χ4n) is 2.99. The second-order valence-electron chi connectivity index (χ2n) is 5.85. The van der Waals surface area contributed by atoms with Gasteiger partial charge in [-0.1, -0.05) is 29.3 Å². The molecular weight excluding hydrogens is 389 g/mol. The van der Waals surface area contributed by atoms with Gasteiger partial charge < -0.3 is 4.74 Å². The molecule has 0 unspecified atom stereocenters.